The number of carbonyl (C=O) groups is 2. The maximum Gasteiger partial charge on any atom is 0.335 e. The number of benzene rings is 1. The van der Waals surface area contributed by atoms with E-state index in [4.69, 9.17) is 5.11 Å². The van der Waals surface area contributed by atoms with Gasteiger partial charge in [-0.05, 0) is 23.8 Å². The van der Waals surface area contributed by atoms with Crippen molar-refractivity contribution >= 4 is 29.3 Å². The summed E-state index contributed by atoms with van der Waals surface area (Å²) in [6.07, 6.45) is 5.52. The molecular weight excluding hydrogens is 288 g/mol. The smallest absolute Gasteiger partial charge is 0.335 e. The Bertz CT molecular complexity index is 633. The third kappa shape index (κ3) is 4.85. The number of nitrogens with one attached hydrogen (secondary N) is 1. The summed E-state index contributed by atoms with van der Waals surface area (Å²) in [5.74, 6) is -1.15. The zero-order valence-electron chi connectivity index (χ0n) is 11.2. The largest absolute Gasteiger partial charge is 0.478 e. The molecule has 2 rings (SSSR count). The quantitative estimate of drug-likeness (QED) is 0.802. The van der Waals surface area contributed by atoms with Crippen LogP contribution in [0.2, 0.25) is 0 Å². The number of carbonyl (C=O) groups excluding carboxylic acids is 1. The number of aromatic nitrogens is 1. The van der Waals surface area contributed by atoms with E-state index in [1.165, 1.54) is 18.2 Å². The summed E-state index contributed by atoms with van der Waals surface area (Å²) in [5, 5.41) is 14.4. The monoisotopic (exact) mass is 302 g/mol. The van der Waals surface area contributed by atoms with E-state index in [0.29, 0.717) is 13.0 Å². The predicted molar refractivity (Wildman–Crippen MR) is 81.3 cm³/mol. The summed E-state index contributed by atoms with van der Waals surface area (Å²) in [7, 11) is 0. The number of aromatic carboxylic acids is 1. The molecule has 0 fully saturated rings. The Morgan fingerprint density at radius 3 is 2.67 bits per heavy atom. The van der Waals surface area contributed by atoms with Crippen molar-refractivity contribution in [2.24, 2.45) is 0 Å². The number of thiazole rings is 1. The zero-order valence-corrected chi connectivity index (χ0v) is 12.0. The molecule has 0 bridgehead atoms. The van der Waals surface area contributed by atoms with Crippen molar-refractivity contribution in [1.29, 1.82) is 0 Å². The molecule has 0 unspecified atom stereocenters. The van der Waals surface area contributed by atoms with E-state index in [2.05, 4.69) is 10.3 Å². The van der Waals surface area contributed by atoms with Gasteiger partial charge in [0, 0.05) is 30.6 Å². The van der Waals surface area contributed by atoms with Crippen molar-refractivity contribution in [1.82, 2.24) is 10.3 Å². The standard InChI is InChI=1S/C15H14N2O3S/c18-13(16-8-7-14-17-9-10-21-14)6-3-11-1-4-12(5-2-11)15(19)20/h1-6,9-10H,7-8H2,(H,16,18)(H,19,20). The molecule has 1 amide bonds. The van der Waals surface area contributed by atoms with Crippen LogP contribution in [-0.2, 0) is 11.2 Å². The molecule has 1 aromatic heterocycles. The van der Waals surface area contributed by atoms with Crippen molar-refractivity contribution in [3.63, 3.8) is 0 Å². The van der Waals surface area contributed by atoms with Gasteiger partial charge in [-0.3, -0.25) is 4.79 Å². The molecular formula is C15H14N2O3S. The molecule has 0 aliphatic rings. The van der Waals surface area contributed by atoms with Gasteiger partial charge in [-0.1, -0.05) is 12.1 Å². The first-order chi connectivity index (χ1) is 10.1. The number of carboxylic acids is 1. The van der Waals surface area contributed by atoms with Crippen molar-refractivity contribution < 1.29 is 14.7 Å². The fourth-order valence-corrected chi connectivity index (χ4v) is 2.26. The van der Waals surface area contributed by atoms with Crippen LogP contribution in [0.3, 0.4) is 0 Å². The Morgan fingerprint density at radius 1 is 1.29 bits per heavy atom. The summed E-state index contributed by atoms with van der Waals surface area (Å²) in [4.78, 5) is 26.4. The van der Waals surface area contributed by atoms with E-state index in [9.17, 15) is 9.59 Å². The van der Waals surface area contributed by atoms with Crippen molar-refractivity contribution in [2.75, 3.05) is 6.54 Å². The summed E-state index contributed by atoms with van der Waals surface area (Å²) in [5.41, 5.74) is 0.995. The van der Waals surface area contributed by atoms with Crippen LogP contribution in [0.4, 0.5) is 0 Å². The third-order valence-electron chi connectivity index (χ3n) is 2.71. The van der Waals surface area contributed by atoms with Crippen LogP contribution in [0.5, 0.6) is 0 Å². The van der Waals surface area contributed by atoms with Gasteiger partial charge in [0.05, 0.1) is 10.6 Å². The minimum Gasteiger partial charge on any atom is -0.478 e. The second-order valence-corrected chi connectivity index (χ2v) is 5.21. The van der Waals surface area contributed by atoms with Crippen LogP contribution >= 0.6 is 11.3 Å². The van der Waals surface area contributed by atoms with Crippen LogP contribution in [0.15, 0.2) is 41.9 Å². The Kier molecular flexibility index (Phi) is 5.22. The Labute approximate surface area is 126 Å². The average Bonchev–Trinajstić information content (AvgIpc) is 2.99. The number of rotatable bonds is 6. The number of carboxylic acid groups (broad SMARTS) is 1. The molecule has 108 valence electrons. The highest BCUT2D eigenvalue weighted by Crippen LogP contribution is 2.06. The average molecular weight is 302 g/mol. The fourth-order valence-electron chi connectivity index (χ4n) is 1.64. The topological polar surface area (TPSA) is 79.3 Å². The molecule has 21 heavy (non-hydrogen) atoms. The normalized spacial score (nSPS) is 10.7. The van der Waals surface area contributed by atoms with E-state index in [-0.39, 0.29) is 11.5 Å². The Hall–Kier alpha value is -2.47. The molecule has 0 radical (unpaired) electrons. The second kappa shape index (κ2) is 7.35. The van der Waals surface area contributed by atoms with Gasteiger partial charge < -0.3 is 10.4 Å². The fraction of sp³-hybridized carbons (Fsp3) is 0.133. The number of amides is 1. The van der Waals surface area contributed by atoms with Crippen LogP contribution in [0.1, 0.15) is 20.9 Å². The van der Waals surface area contributed by atoms with Crippen LogP contribution in [-0.4, -0.2) is 28.5 Å². The van der Waals surface area contributed by atoms with E-state index < -0.39 is 5.97 Å². The first-order valence-corrected chi connectivity index (χ1v) is 7.21. The van der Waals surface area contributed by atoms with Crippen LogP contribution in [0, 0.1) is 0 Å². The molecule has 0 atom stereocenters. The van der Waals surface area contributed by atoms with Crippen molar-refractivity contribution in [3.8, 4) is 0 Å². The van der Waals surface area contributed by atoms with Crippen molar-refractivity contribution in [2.45, 2.75) is 6.42 Å². The van der Waals surface area contributed by atoms with E-state index in [1.54, 1.807) is 35.7 Å². The minimum absolute atomic E-state index is 0.186. The predicted octanol–water partition coefficient (Wildman–Crippen LogP) is 2.21. The Morgan fingerprint density at radius 2 is 2.05 bits per heavy atom. The molecule has 2 N–H and O–H groups in total. The lowest BCUT2D eigenvalue weighted by Crippen LogP contribution is -2.23. The van der Waals surface area contributed by atoms with E-state index in [0.717, 1.165) is 10.6 Å². The lowest BCUT2D eigenvalue weighted by Gasteiger charge is -2.00. The van der Waals surface area contributed by atoms with Gasteiger partial charge in [0.1, 0.15) is 0 Å². The Balaban J connectivity index is 1.80. The summed E-state index contributed by atoms with van der Waals surface area (Å²) in [6.45, 7) is 0.536. The number of hydrogen-bond acceptors (Lipinski definition) is 4. The lowest BCUT2D eigenvalue weighted by molar-refractivity contribution is -0.116. The summed E-state index contributed by atoms with van der Waals surface area (Å²) in [6, 6.07) is 6.32. The van der Waals surface area contributed by atoms with Gasteiger partial charge in [-0.25, -0.2) is 9.78 Å². The number of hydrogen-bond donors (Lipinski definition) is 2. The van der Waals surface area contributed by atoms with E-state index in [1.807, 2.05) is 5.38 Å². The minimum atomic E-state index is -0.967. The van der Waals surface area contributed by atoms with Gasteiger partial charge in [-0.15, -0.1) is 11.3 Å². The molecule has 5 nitrogen and oxygen atoms in total. The molecule has 6 heteroatoms. The third-order valence-corrected chi connectivity index (χ3v) is 3.55. The van der Waals surface area contributed by atoms with Gasteiger partial charge in [-0.2, -0.15) is 0 Å². The maximum atomic E-state index is 11.6. The maximum absolute atomic E-state index is 11.6. The highest BCUT2D eigenvalue weighted by atomic mass is 32.1. The molecule has 2 aromatic rings. The van der Waals surface area contributed by atoms with Crippen molar-refractivity contribution in [3.05, 3.63) is 58.1 Å². The van der Waals surface area contributed by atoms with Crippen LogP contribution in [0.25, 0.3) is 6.08 Å². The molecule has 1 heterocycles. The molecule has 0 aliphatic carbocycles. The van der Waals surface area contributed by atoms with Gasteiger partial charge in [0.15, 0.2) is 0 Å². The van der Waals surface area contributed by atoms with Gasteiger partial charge in [0.25, 0.3) is 0 Å². The first kappa shape index (κ1) is 14.9. The molecule has 0 aliphatic heterocycles. The molecule has 0 spiro atoms. The molecule has 1 aromatic carbocycles. The molecule has 0 saturated carbocycles. The van der Waals surface area contributed by atoms with Crippen LogP contribution < -0.4 is 5.32 Å². The first-order valence-electron chi connectivity index (χ1n) is 6.33. The SMILES string of the molecule is O=C(C=Cc1ccc(C(=O)O)cc1)NCCc1nccs1. The lowest BCUT2D eigenvalue weighted by atomic mass is 10.1. The van der Waals surface area contributed by atoms with E-state index >= 15 is 0 Å². The zero-order chi connectivity index (χ0) is 15.1. The van der Waals surface area contributed by atoms with Gasteiger partial charge in [0.2, 0.25) is 5.91 Å². The highest BCUT2D eigenvalue weighted by molar-refractivity contribution is 7.09. The number of nitrogens with zero attached hydrogens (tertiary/aromatic N) is 1. The molecule has 0 saturated heterocycles. The highest BCUT2D eigenvalue weighted by Gasteiger charge is 2.01. The van der Waals surface area contributed by atoms with Gasteiger partial charge >= 0.3 is 5.97 Å². The summed E-state index contributed by atoms with van der Waals surface area (Å²) >= 11 is 1.56. The second-order valence-electron chi connectivity index (χ2n) is 4.23. The summed E-state index contributed by atoms with van der Waals surface area (Å²) < 4.78 is 0.